The first kappa shape index (κ1) is 7.55. The number of aromatic nitrogens is 2. The molecular formula is C8H8N2O. The Balaban J connectivity index is 2.88. The number of methoxy groups -OCH3 is 1. The third-order valence-corrected chi connectivity index (χ3v) is 1.09. The van der Waals surface area contributed by atoms with Crippen molar-refractivity contribution in [3.05, 3.63) is 18.1 Å². The first-order valence-corrected chi connectivity index (χ1v) is 3.15. The first-order chi connectivity index (χ1) is 5.36. The monoisotopic (exact) mass is 148 g/mol. The van der Waals surface area contributed by atoms with Gasteiger partial charge in [-0.15, -0.1) is 0 Å². The zero-order valence-corrected chi connectivity index (χ0v) is 6.46. The molecule has 0 saturated carbocycles. The van der Waals surface area contributed by atoms with Gasteiger partial charge in [-0.05, 0) is 12.8 Å². The van der Waals surface area contributed by atoms with Gasteiger partial charge in [0.1, 0.15) is 5.69 Å². The van der Waals surface area contributed by atoms with Crippen molar-refractivity contribution in [3.8, 4) is 17.7 Å². The van der Waals surface area contributed by atoms with Gasteiger partial charge < -0.3 is 4.74 Å². The van der Waals surface area contributed by atoms with Crippen LogP contribution < -0.4 is 4.74 Å². The topological polar surface area (TPSA) is 35.0 Å². The summed E-state index contributed by atoms with van der Waals surface area (Å²) in [5.41, 5.74) is 0.660. The number of rotatable bonds is 1. The SMILES string of the molecule is CC#Cc1cnc(OC)cn1. The van der Waals surface area contributed by atoms with Crippen LogP contribution in [0.4, 0.5) is 0 Å². The highest BCUT2D eigenvalue weighted by atomic mass is 16.5. The van der Waals surface area contributed by atoms with Crippen LogP contribution >= 0.6 is 0 Å². The zero-order valence-electron chi connectivity index (χ0n) is 6.46. The van der Waals surface area contributed by atoms with E-state index in [1.807, 2.05) is 0 Å². The molecule has 56 valence electrons. The molecule has 11 heavy (non-hydrogen) atoms. The highest BCUT2D eigenvalue weighted by Gasteiger charge is 1.91. The summed E-state index contributed by atoms with van der Waals surface area (Å²) in [5, 5.41) is 0. The van der Waals surface area contributed by atoms with Gasteiger partial charge in [-0.25, -0.2) is 9.97 Å². The number of nitrogens with zero attached hydrogens (tertiary/aromatic N) is 2. The quantitative estimate of drug-likeness (QED) is 0.554. The maximum atomic E-state index is 4.83. The number of hydrogen-bond acceptors (Lipinski definition) is 3. The zero-order chi connectivity index (χ0) is 8.10. The van der Waals surface area contributed by atoms with Crippen molar-refractivity contribution in [1.82, 2.24) is 9.97 Å². The van der Waals surface area contributed by atoms with E-state index in [0.717, 1.165) is 0 Å². The molecule has 0 aliphatic heterocycles. The fourth-order valence-corrected chi connectivity index (χ4v) is 0.614. The van der Waals surface area contributed by atoms with Gasteiger partial charge in [0.15, 0.2) is 0 Å². The lowest BCUT2D eigenvalue weighted by molar-refractivity contribution is 0.395. The largest absolute Gasteiger partial charge is 0.480 e. The van der Waals surface area contributed by atoms with E-state index in [1.165, 1.54) is 0 Å². The third-order valence-electron chi connectivity index (χ3n) is 1.09. The summed E-state index contributed by atoms with van der Waals surface area (Å²) in [6.45, 7) is 1.76. The van der Waals surface area contributed by atoms with Gasteiger partial charge in [0.2, 0.25) is 5.88 Å². The van der Waals surface area contributed by atoms with Crippen LogP contribution in [-0.2, 0) is 0 Å². The third kappa shape index (κ3) is 1.94. The molecule has 3 heteroatoms. The molecule has 0 N–H and O–H groups in total. The van der Waals surface area contributed by atoms with Gasteiger partial charge in [-0.2, -0.15) is 0 Å². The standard InChI is InChI=1S/C8H8N2O/c1-3-4-7-5-10-8(11-2)6-9-7/h5-6H,1-2H3. The van der Waals surface area contributed by atoms with Crippen molar-refractivity contribution in [3.63, 3.8) is 0 Å². The van der Waals surface area contributed by atoms with E-state index in [1.54, 1.807) is 26.4 Å². The molecule has 0 amide bonds. The second-order valence-corrected chi connectivity index (χ2v) is 1.82. The Kier molecular flexibility index (Phi) is 2.45. The second-order valence-electron chi connectivity index (χ2n) is 1.82. The maximum Gasteiger partial charge on any atom is 0.232 e. The molecule has 0 saturated heterocycles. The van der Waals surface area contributed by atoms with Crippen molar-refractivity contribution in [2.75, 3.05) is 7.11 Å². The van der Waals surface area contributed by atoms with E-state index in [2.05, 4.69) is 21.8 Å². The summed E-state index contributed by atoms with van der Waals surface area (Å²) in [6, 6.07) is 0. The van der Waals surface area contributed by atoms with Crippen LogP contribution in [0.2, 0.25) is 0 Å². The highest BCUT2D eigenvalue weighted by molar-refractivity contribution is 5.24. The van der Waals surface area contributed by atoms with Crippen LogP contribution in [0, 0.1) is 11.8 Å². The summed E-state index contributed by atoms with van der Waals surface area (Å²) in [6.07, 6.45) is 3.12. The Morgan fingerprint density at radius 1 is 1.36 bits per heavy atom. The Hall–Kier alpha value is -1.56. The number of hydrogen-bond donors (Lipinski definition) is 0. The predicted octanol–water partition coefficient (Wildman–Crippen LogP) is 0.857. The molecular weight excluding hydrogens is 140 g/mol. The van der Waals surface area contributed by atoms with E-state index >= 15 is 0 Å². The summed E-state index contributed by atoms with van der Waals surface area (Å²) in [4.78, 5) is 7.91. The van der Waals surface area contributed by atoms with E-state index in [0.29, 0.717) is 11.6 Å². The molecule has 0 spiro atoms. The normalized spacial score (nSPS) is 8.18. The van der Waals surface area contributed by atoms with Crippen molar-refractivity contribution in [1.29, 1.82) is 0 Å². The van der Waals surface area contributed by atoms with Crippen molar-refractivity contribution in [2.45, 2.75) is 6.92 Å². The molecule has 0 atom stereocenters. The minimum Gasteiger partial charge on any atom is -0.480 e. The van der Waals surface area contributed by atoms with E-state index < -0.39 is 0 Å². The lowest BCUT2D eigenvalue weighted by Gasteiger charge is -1.94. The minimum absolute atomic E-state index is 0.506. The number of ether oxygens (including phenoxy) is 1. The van der Waals surface area contributed by atoms with Gasteiger partial charge >= 0.3 is 0 Å². The summed E-state index contributed by atoms with van der Waals surface area (Å²) >= 11 is 0. The van der Waals surface area contributed by atoms with Crippen molar-refractivity contribution >= 4 is 0 Å². The molecule has 0 unspecified atom stereocenters. The van der Waals surface area contributed by atoms with Crippen LogP contribution in [-0.4, -0.2) is 17.1 Å². The molecule has 0 aromatic carbocycles. The predicted molar refractivity (Wildman–Crippen MR) is 41.1 cm³/mol. The van der Waals surface area contributed by atoms with Gasteiger partial charge in [0.05, 0.1) is 19.5 Å². The van der Waals surface area contributed by atoms with Gasteiger partial charge in [-0.1, -0.05) is 5.92 Å². The van der Waals surface area contributed by atoms with Crippen LogP contribution in [0.25, 0.3) is 0 Å². The average Bonchev–Trinajstić information content (AvgIpc) is 2.07. The summed E-state index contributed by atoms with van der Waals surface area (Å²) in [7, 11) is 1.55. The Morgan fingerprint density at radius 2 is 2.18 bits per heavy atom. The molecule has 0 aliphatic rings. The van der Waals surface area contributed by atoms with Crippen LogP contribution in [0.1, 0.15) is 12.6 Å². The molecule has 1 heterocycles. The summed E-state index contributed by atoms with van der Waals surface area (Å²) in [5.74, 6) is 6.01. The minimum atomic E-state index is 0.506. The fraction of sp³-hybridized carbons (Fsp3) is 0.250. The van der Waals surface area contributed by atoms with Gasteiger partial charge in [0.25, 0.3) is 0 Å². The van der Waals surface area contributed by atoms with Gasteiger partial charge in [0, 0.05) is 0 Å². The molecule has 1 aromatic heterocycles. The summed E-state index contributed by atoms with van der Waals surface area (Å²) < 4.78 is 4.83. The molecule has 0 radical (unpaired) electrons. The van der Waals surface area contributed by atoms with Gasteiger partial charge in [-0.3, -0.25) is 0 Å². The molecule has 3 nitrogen and oxygen atoms in total. The maximum absolute atomic E-state index is 4.83. The van der Waals surface area contributed by atoms with E-state index in [-0.39, 0.29) is 0 Å². The van der Waals surface area contributed by atoms with E-state index in [4.69, 9.17) is 4.74 Å². The first-order valence-electron chi connectivity index (χ1n) is 3.15. The molecule has 1 aromatic rings. The molecule has 0 bridgehead atoms. The molecule has 1 rings (SSSR count). The lowest BCUT2D eigenvalue weighted by atomic mass is 10.4. The van der Waals surface area contributed by atoms with Crippen LogP contribution in [0.3, 0.4) is 0 Å². The smallest absolute Gasteiger partial charge is 0.232 e. The lowest BCUT2D eigenvalue weighted by Crippen LogP contribution is -1.90. The van der Waals surface area contributed by atoms with E-state index in [9.17, 15) is 0 Å². The van der Waals surface area contributed by atoms with Crippen LogP contribution in [0.15, 0.2) is 12.4 Å². The second kappa shape index (κ2) is 3.57. The van der Waals surface area contributed by atoms with Crippen molar-refractivity contribution in [2.24, 2.45) is 0 Å². The van der Waals surface area contributed by atoms with Crippen LogP contribution in [0.5, 0.6) is 5.88 Å². The Labute approximate surface area is 65.4 Å². The molecule has 0 fully saturated rings. The van der Waals surface area contributed by atoms with Crippen molar-refractivity contribution < 1.29 is 4.74 Å². The highest BCUT2D eigenvalue weighted by Crippen LogP contribution is 2.00. The fourth-order valence-electron chi connectivity index (χ4n) is 0.614. The Morgan fingerprint density at radius 3 is 2.64 bits per heavy atom. The molecule has 0 aliphatic carbocycles. The average molecular weight is 148 g/mol. The Bertz CT molecular complexity index is 281.